The number of carbonyl (C=O) groups excluding carboxylic acids is 2. The number of benzene rings is 3. The van der Waals surface area contributed by atoms with Gasteiger partial charge in [0.1, 0.15) is 24.7 Å². The first-order valence-corrected chi connectivity index (χ1v) is 11.6. The molecule has 0 aliphatic carbocycles. The third-order valence-corrected chi connectivity index (χ3v) is 6.12. The summed E-state index contributed by atoms with van der Waals surface area (Å²) in [4.78, 5) is 32.2. The summed E-state index contributed by atoms with van der Waals surface area (Å²) >= 11 is 0. The van der Waals surface area contributed by atoms with Gasteiger partial charge in [-0.05, 0) is 54.4 Å². The van der Waals surface area contributed by atoms with E-state index in [1.54, 1.807) is 35.6 Å². The summed E-state index contributed by atoms with van der Waals surface area (Å²) in [5.74, 6) is -0.824. The van der Waals surface area contributed by atoms with Gasteiger partial charge in [-0.3, -0.25) is 4.79 Å². The maximum absolute atomic E-state index is 13.6. The average molecular weight is 486 g/mol. The smallest absolute Gasteiger partial charge is 0.338 e. The van der Waals surface area contributed by atoms with Gasteiger partial charge in [0, 0.05) is 11.4 Å². The van der Waals surface area contributed by atoms with Crippen LogP contribution >= 0.6 is 0 Å². The first-order valence-electron chi connectivity index (χ1n) is 11.6. The molecular formula is C27H24FN5O3. The number of amides is 1. The maximum atomic E-state index is 13.6. The first-order chi connectivity index (χ1) is 17.5. The molecule has 3 aromatic carbocycles. The maximum Gasteiger partial charge on any atom is 0.338 e. The lowest BCUT2D eigenvalue weighted by Gasteiger charge is -2.35. The largest absolute Gasteiger partial charge is 0.463 e. The van der Waals surface area contributed by atoms with Crippen LogP contribution in [0.25, 0.3) is 10.8 Å². The van der Waals surface area contributed by atoms with Gasteiger partial charge in [-0.1, -0.05) is 42.5 Å². The molecule has 9 heteroatoms. The lowest BCUT2D eigenvalue weighted by molar-refractivity contribution is -0.139. The van der Waals surface area contributed by atoms with Crippen molar-refractivity contribution in [2.24, 2.45) is 0 Å². The molecule has 5 rings (SSSR count). The molecule has 1 atom stereocenters. The molecule has 2 heterocycles. The second kappa shape index (κ2) is 9.61. The molecule has 36 heavy (non-hydrogen) atoms. The van der Waals surface area contributed by atoms with E-state index in [9.17, 15) is 14.0 Å². The van der Waals surface area contributed by atoms with Crippen molar-refractivity contribution >= 4 is 34.3 Å². The van der Waals surface area contributed by atoms with Crippen LogP contribution in [0.3, 0.4) is 0 Å². The van der Waals surface area contributed by atoms with E-state index in [0.29, 0.717) is 28.5 Å². The fraction of sp³-hybridized carbons (Fsp3) is 0.185. The third kappa shape index (κ3) is 4.31. The second-order valence-corrected chi connectivity index (χ2v) is 8.37. The number of nitrogens with one attached hydrogen (secondary N) is 1. The highest BCUT2D eigenvalue weighted by atomic mass is 19.1. The molecule has 1 aliphatic heterocycles. The number of aromatic nitrogens is 3. The summed E-state index contributed by atoms with van der Waals surface area (Å²) < 4.78 is 20.5. The number of esters is 1. The number of allylic oxidation sites excluding steroid dienone is 1. The molecule has 182 valence electrons. The highest BCUT2D eigenvalue weighted by Gasteiger charge is 2.38. The fourth-order valence-electron chi connectivity index (χ4n) is 4.46. The van der Waals surface area contributed by atoms with Crippen molar-refractivity contribution in [2.45, 2.75) is 19.9 Å². The van der Waals surface area contributed by atoms with Crippen LogP contribution in [0.15, 0.2) is 84.3 Å². The lowest BCUT2D eigenvalue weighted by Crippen LogP contribution is -2.40. The number of carbonyl (C=O) groups is 2. The number of anilines is 2. The van der Waals surface area contributed by atoms with Crippen molar-refractivity contribution < 1.29 is 18.7 Å². The summed E-state index contributed by atoms with van der Waals surface area (Å²) in [6.45, 7) is 3.54. The molecule has 1 aliphatic rings. The molecule has 0 bridgehead atoms. The van der Waals surface area contributed by atoms with Crippen molar-refractivity contribution in [3.63, 3.8) is 0 Å². The Kier molecular flexibility index (Phi) is 6.20. The molecule has 4 aromatic rings. The topological polar surface area (TPSA) is 89.3 Å². The van der Waals surface area contributed by atoms with Gasteiger partial charge in [-0.15, -0.1) is 0 Å². The zero-order chi connectivity index (χ0) is 25.2. The van der Waals surface area contributed by atoms with Gasteiger partial charge in [-0.25, -0.2) is 13.9 Å². The molecule has 0 saturated heterocycles. The predicted molar refractivity (Wildman–Crippen MR) is 134 cm³/mol. The summed E-state index contributed by atoms with van der Waals surface area (Å²) in [6, 6.07) is 18.7. The van der Waals surface area contributed by atoms with E-state index in [-0.39, 0.29) is 19.1 Å². The second-order valence-electron chi connectivity index (χ2n) is 8.37. The molecule has 0 saturated carbocycles. The lowest BCUT2D eigenvalue weighted by atomic mass is 9.95. The minimum Gasteiger partial charge on any atom is -0.463 e. The number of halogens is 1. The monoisotopic (exact) mass is 485 g/mol. The van der Waals surface area contributed by atoms with Gasteiger partial charge in [0.05, 0.1) is 12.2 Å². The van der Waals surface area contributed by atoms with Crippen molar-refractivity contribution in [1.29, 1.82) is 0 Å². The van der Waals surface area contributed by atoms with Gasteiger partial charge < -0.3 is 15.0 Å². The van der Waals surface area contributed by atoms with E-state index in [4.69, 9.17) is 4.74 Å². The Morgan fingerprint density at radius 3 is 2.56 bits per heavy atom. The summed E-state index contributed by atoms with van der Waals surface area (Å²) in [5, 5.41) is 9.34. The van der Waals surface area contributed by atoms with Crippen LogP contribution < -0.4 is 10.2 Å². The molecule has 1 N–H and O–H groups in total. The molecule has 0 unspecified atom stereocenters. The van der Waals surface area contributed by atoms with E-state index in [2.05, 4.69) is 15.4 Å². The third-order valence-electron chi connectivity index (χ3n) is 6.12. The van der Waals surface area contributed by atoms with Crippen LogP contribution in [0.5, 0.6) is 0 Å². The molecule has 0 radical (unpaired) electrons. The molecule has 1 aromatic heterocycles. The minimum atomic E-state index is -0.679. The predicted octanol–water partition coefficient (Wildman–Crippen LogP) is 4.46. The molecule has 0 spiro atoms. The zero-order valence-electron chi connectivity index (χ0n) is 19.8. The fourth-order valence-corrected chi connectivity index (χ4v) is 4.46. The van der Waals surface area contributed by atoms with E-state index in [0.717, 1.165) is 10.8 Å². The molecular weight excluding hydrogens is 461 g/mol. The van der Waals surface area contributed by atoms with Crippen molar-refractivity contribution in [3.05, 3.63) is 95.7 Å². The summed E-state index contributed by atoms with van der Waals surface area (Å²) in [6.07, 6.45) is 1.36. The number of nitrogens with zero attached hydrogens (tertiary/aromatic N) is 4. The van der Waals surface area contributed by atoms with Crippen molar-refractivity contribution in [2.75, 3.05) is 23.4 Å². The number of ether oxygens (including phenoxy) is 1. The summed E-state index contributed by atoms with van der Waals surface area (Å²) in [7, 11) is 0. The van der Waals surface area contributed by atoms with Gasteiger partial charge in [0.2, 0.25) is 11.9 Å². The highest BCUT2D eigenvalue weighted by molar-refractivity contribution is 5.98. The van der Waals surface area contributed by atoms with Crippen LogP contribution in [-0.2, 0) is 14.3 Å². The Labute approximate surface area is 207 Å². The molecule has 8 nitrogen and oxygen atoms in total. The SMILES string of the molecule is CCOC(=O)C1=C(C)N(CC(=O)Nc2ccc3ccccc3c2)c2ncnn2[C@H]1c1ccc(F)cc1. The van der Waals surface area contributed by atoms with Crippen molar-refractivity contribution in [1.82, 2.24) is 14.8 Å². The van der Waals surface area contributed by atoms with Crippen LogP contribution in [-0.4, -0.2) is 39.8 Å². The van der Waals surface area contributed by atoms with Crippen LogP contribution in [0, 0.1) is 5.82 Å². The summed E-state index contributed by atoms with van der Waals surface area (Å²) in [5.41, 5.74) is 2.12. The minimum absolute atomic E-state index is 0.101. The van der Waals surface area contributed by atoms with Crippen LogP contribution in [0.2, 0.25) is 0 Å². The van der Waals surface area contributed by atoms with E-state index in [1.165, 1.54) is 18.5 Å². The highest BCUT2D eigenvalue weighted by Crippen LogP contribution is 2.38. The van der Waals surface area contributed by atoms with Gasteiger partial charge >= 0.3 is 5.97 Å². The average Bonchev–Trinajstić information content (AvgIpc) is 3.35. The Hall–Kier alpha value is -4.53. The van der Waals surface area contributed by atoms with E-state index in [1.807, 2.05) is 42.5 Å². The quantitative estimate of drug-likeness (QED) is 0.406. The molecule has 1 amide bonds. The van der Waals surface area contributed by atoms with Gasteiger partial charge in [0.15, 0.2) is 0 Å². The molecule has 0 fully saturated rings. The number of hydrogen-bond donors (Lipinski definition) is 1. The normalized spacial score (nSPS) is 15.1. The van der Waals surface area contributed by atoms with E-state index >= 15 is 0 Å². The van der Waals surface area contributed by atoms with Gasteiger partial charge in [-0.2, -0.15) is 10.1 Å². The Morgan fingerprint density at radius 2 is 1.81 bits per heavy atom. The Morgan fingerprint density at radius 1 is 1.06 bits per heavy atom. The zero-order valence-corrected chi connectivity index (χ0v) is 19.8. The standard InChI is InChI=1S/C27H24FN5O3/c1-3-36-26(35)24-17(2)32(15-23(34)31-22-13-10-18-6-4-5-7-20(18)14-22)27-29-16-30-33(27)25(24)19-8-11-21(28)12-9-19/h4-14,16,25H,3,15H2,1-2H3,(H,31,34)/t25-/m0/s1. The van der Waals surface area contributed by atoms with Gasteiger partial charge in [0.25, 0.3) is 0 Å². The number of hydrogen-bond acceptors (Lipinski definition) is 6. The number of rotatable bonds is 6. The Bertz CT molecular complexity index is 1480. The van der Waals surface area contributed by atoms with Crippen molar-refractivity contribution in [3.8, 4) is 0 Å². The van der Waals surface area contributed by atoms with Crippen LogP contribution in [0.4, 0.5) is 16.0 Å². The van der Waals surface area contributed by atoms with E-state index < -0.39 is 17.8 Å². The number of fused-ring (bicyclic) bond motifs is 2. The van der Waals surface area contributed by atoms with Crippen LogP contribution in [0.1, 0.15) is 25.5 Å². The first kappa shape index (κ1) is 23.2. The Balaban J connectivity index is 1.49.